The molecule has 4 nitrogen and oxygen atoms in total. The van der Waals surface area contributed by atoms with Crippen molar-refractivity contribution in [2.24, 2.45) is 5.92 Å². The van der Waals surface area contributed by atoms with E-state index in [1.807, 2.05) is 44.2 Å². The van der Waals surface area contributed by atoms with E-state index in [9.17, 15) is 9.90 Å². The zero-order valence-electron chi connectivity index (χ0n) is 11.4. The Kier molecular flexibility index (Phi) is 5.93. The molecule has 1 rings (SSSR count). The van der Waals surface area contributed by atoms with Crippen LogP contribution in [0.25, 0.3) is 0 Å². The second kappa shape index (κ2) is 7.46. The van der Waals surface area contributed by atoms with Crippen LogP contribution in [0.3, 0.4) is 0 Å². The Bertz CT molecular complexity index is 415. The summed E-state index contributed by atoms with van der Waals surface area (Å²) >= 11 is 0. The van der Waals surface area contributed by atoms with Gasteiger partial charge >= 0.3 is 6.09 Å². The number of hydrogen-bond acceptors (Lipinski definition) is 3. The van der Waals surface area contributed by atoms with Crippen LogP contribution < -0.4 is 5.32 Å². The van der Waals surface area contributed by atoms with Crippen LogP contribution >= 0.6 is 0 Å². The number of amides is 1. The second-order valence-electron chi connectivity index (χ2n) is 4.88. The summed E-state index contributed by atoms with van der Waals surface area (Å²) < 4.78 is 5.09. The molecule has 0 radical (unpaired) electrons. The lowest BCUT2D eigenvalue weighted by atomic mass is 10.0. The summed E-state index contributed by atoms with van der Waals surface area (Å²) in [6.07, 6.45) is 0.0696. The zero-order valence-corrected chi connectivity index (χ0v) is 11.4. The standard InChI is InChI=1S/C15H21NO3/c1-11(2)9-14(12(3)17)16-15(18)19-10-13-7-5-4-6-8-13/h4-8,11,14,17H,3,9-10H2,1-2H3,(H,16,18)/t14-/m1/s1. The minimum Gasteiger partial charge on any atom is -0.511 e. The molecule has 1 aromatic carbocycles. The quantitative estimate of drug-likeness (QED) is 0.773. The summed E-state index contributed by atoms with van der Waals surface area (Å²) in [5.41, 5.74) is 0.917. The van der Waals surface area contributed by atoms with Gasteiger partial charge in [-0.3, -0.25) is 0 Å². The molecular formula is C15H21NO3. The molecule has 19 heavy (non-hydrogen) atoms. The first kappa shape index (κ1) is 15.1. The monoisotopic (exact) mass is 263 g/mol. The molecule has 0 aliphatic rings. The number of nitrogens with one attached hydrogen (secondary N) is 1. The van der Waals surface area contributed by atoms with Crippen molar-refractivity contribution in [2.45, 2.75) is 32.9 Å². The summed E-state index contributed by atoms with van der Waals surface area (Å²) in [4.78, 5) is 11.6. The third-order valence-electron chi connectivity index (χ3n) is 2.61. The number of carbonyl (C=O) groups is 1. The van der Waals surface area contributed by atoms with E-state index in [4.69, 9.17) is 4.74 Å². The maximum absolute atomic E-state index is 11.6. The van der Waals surface area contributed by atoms with Gasteiger partial charge in [-0.1, -0.05) is 50.8 Å². The highest BCUT2D eigenvalue weighted by Crippen LogP contribution is 2.10. The number of rotatable bonds is 6. The van der Waals surface area contributed by atoms with Crippen LogP contribution in [0, 0.1) is 5.92 Å². The van der Waals surface area contributed by atoms with E-state index in [-0.39, 0.29) is 12.4 Å². The van der Waals surface area contributed by atoms with Crippen molar-refractivity contribution in [3.63, 3.8) is 0 Å². The van der Waals surface area contributed by atoms with Crippen molar-refractivity contribution in [3.8, 4) is 0 Å². The number of ether oxygens (including phenoxy) is 1. The van der Waals surface area contributed by atoms with Gasteiger partial charge < -0.3 is 15.2 Å². The molecule has 1 atom stereocenters. The summed E-state index contributed by atoms with van der Waals surface area (Å²) in [5, 5.41) is 12.0. The van der Waals surface area contributed by atoms with Crippen LogP contribution in [0.5, 0.6) is 0 Å². The van der Waals surface area contributed by atoms with Crippen molar-refractivity contribution in [1.82, 2.24) is 5.32 Å². The Labute approximate surface area is 114 Å². The van der Waals surface area contributed by atoms with Gasteiger partial charge in [0, 0.05) is 0 Å². The Morgan fingerprint density at radius 3 is 2.53 bits per heavy atom. The molecule has 0 aliphatic heterocycles. The van der Waals surface area contributed by atoms with Gasteiger partial charge in [0.2, 0.25) is 0 Å². The first-order chi connectivity index (χ1) is 8.99. The van der Waals surface area contributed by atoms with Gasteiger partial charge in [0.25, 0.3) is 0 Å². The molecule has 1 amide bonds. The number of benzene rings is 1. The minimum absolute atomic E-state index is 0.0506. The molecule has 0 aromatic heterocycles. The van der Waals surface area contributed by atoms with Crippen LogP contribution in [0.4, 0.5) is 4.79 Å². The lowest BCUT2D eigenvalue weighted by Gasteiger charge is -2.19. The zero-order chi connectivity index (χ0) is 14.3. The highest BCUT2D eigenvalue weighted by Gasteiger charge is 2.17. The van der Waals surface area contributed by atoms with Crippen molar-refractivity contribution in [1.29, 1.82) is 0 Å². The summed E-state index contributed by atoms with van der Waals surface area (Å²) in [6, 6.07) is 8.95. The maximum atomic E-state index is 11.6. The molecule has 0 spiro atoms. The molecule has 0 aliphatic carbocycles. The number of alkyl carbamates (subject to hydrolysis) is 1. The fraction of sp³-hybridized carbons (Fsp3) is 0.400. The molecule has 4 heteroatoms. The number of carbonyl (C=O) groups excluding carboxylic acids is 1. The van der Waals surface area contributed by atoms with Gasteiger partial charge in [-0.05, 0) is 17.9 Å². The first-order valence-electron chi connectivity index (χ1n) is 6.34. The van der Waals surface area contributed by atoms with E-state index in [2.05, 4.69) is 11.9 Å². The van der Waals surface area contributed by atoms with Gasteiger partial charge in [-0.25, -0.2) is 4.79 Å². The van der Waals surface area contributed by atoms with E-state index in [0.29, 0.717) is 12.3 Å². The van der Waals surface area contributed by atoms with Crippen molar-refractivity contribution < 1.29 is 14.6 Å². The fourth-order valence-electron chi connectivity index (χ4n) is 1.66. The molecule has 0 saturated carbocycles. The van der Waals surface area contributed by atoms with Crippen LogP contribution in [-0.4, -0.2) is 17.2 Å². The third kappa shape index (κ3) is 5.95. The van der Waals surface area contributed by atoms with Crippen LogP contribution in [0.2, 0.25) is 0 Å². The van der Waals surface area contributed by atoms with Gasteiger partial charge in [-0.15, -0.1) is 0 Å². The van der Waals surface area contributed by atoms with Gasteiger partial charge in [0.15, 0.2) is 0 Å². The topological polar surface area (TPSA) is 58.6 Å². The number of aliphatic hydroxyl groups is 1. The van der Waals surface area contributed by atoms with Gasteiger partial charge in [-0.2, -0.15) is 0 Å². The Balaban J connectivity index is 2.42. The fourth-order valence-corrected chi connectivity index (χ4v) is 1.66. The van der Waals surface area contributed by atoms with E-state index in [0.717, 1.165) is 5.56 Å². The van der Waals surface area contributed by atoms with Crippen molar-refractivity contribution in [3.05, 3.63) is 48.2 Å². The molecule has 0 bridgehead atoms. The maximum Gasteiger partial charge on any atom is 0.408 e. The Morgan fingerprint density at radius 2 is 2.00 bits per heavy atom. The molecule has 0 saturated heterocycles. The molecule has 0 unspecified atom stereocenters. The summed E-state index contributed by atoms with van der Waals surface area (Å²) in [7, 11) is 0. The lowest BCUT2D eigenvalue weighted by molar-refractivity contribution is 0.133. The largest absolute Gasteiger partial charge is 0.511 e. The van der Waals surface area contributed by atoms with E-state index in [1.54, 1.807) is 0 Å². The Hall–Kier alpha value is -1.97. The predicted octanol–water partition coefficient (Wildman–Crippen LogP) is 3.40. The van der Waals surface area contributed by atoms with E-state index < -0.39 is 12.1 Å². The van der Waals surface area contributed by atoms with Crippen LogP contribution in [0.15, 0.2) is 42.7 Å². The normalized spacial score (nSPS) is 11.9. The number of hydrogen-bond donors (Lipinski definition) is 2. The van der Waals surface area contributed by atoms with Gasteiger partial charge in [0.1, 0.15) is 12.4 Å². The molecular weight excluding hydrogens is 242 g/mol. The average Bonchev–Trinajstić information content (AvgIpc) is 2.36. The molecule has 0 fully saturated rings. The van der Waals surface area contributed by atoms with Gasteiger partial charge in [0.05, 0.1) is 6.04 Å². The van der Waals surface area contributed by atoms with Crippen LogP contribution in [-0.2, 0) is 11.3 Å². The first-order valence-corrected chi connectivity index (χ1v) is 6.34. The smallest absolute Gasteiger partial charge is 0.408 e. The summed E-state index contributed by atoms with van der Waals surface area (Å²) in [5.74, 6) is 0.286. The SMILES string of the molecule is C=C(O)[C@@H](CC(C)C)NC(=O)OCc1ccccc1. The van der Waals surface area contributed by atoms with E-state index >= 15 is 0 Å². The van der Waals surface area contributed by atoms with Crippen molar-refractivity contribution >= 4 is 6.09 Å². The minimum atomic E-state index is -0.551. The third-order valence-corrected chi connectivity index (χ3v) is 2.61. The van der Waals surface area contributed by atoms with E-state index in [1.165, 1.54) is 0 Å². The molecule has 104 valence electrons. The molecule has 0 heterocycles. The second-order valence-corrected chi connectivity index (χ2v) is 4.88. The average molecular weight is 263 g/mol. The number of aliphatic hydroxyl groups excluding tert-OH is 1. The Morgan fingerprint density at radius 1 is 1.37 bits per heavy atom. The lowest BCUT2D eigenvalue weighted by Crippen LogP contribution is -2.37. The summed E-state index contributed by atoms with van der Waals surface area (Å²) in [6.45, 7) is 7.69. The highest BCUT2D eigenvalue weighted by molar-refractivity contribution is 5.68. The predicted molar refractivity (Wildman–Crippen MR) is 74.8 cm³/mol. The molecule has 1 aromatic rings. The molecule has 2 N–H and O–H groups in total. The van der Waals surface area contributed by atoms with Crippen LogP contribution in [0.1, 0.15) is 25.8 Å². The van der Waals surface area contributed by atoms with Crippen molar-refractivity contribution in [2.75, 3.05) is 0 Å². The highest BCUT2D eigenvalue weighted by atomic mass is 16.5.